The highest BCUT2D eigenvalue weighted by atomic mass is 19.3. The van der Waals surface area contributed by atoms with Crippen molar-refractivity contribution in [1.29, 1.82) is 0 Å². The van der Waals surface area contributed by atoms with E-state index in [2.05, 4.69) is 10.1 Å². The lowest BCUT2D eigenvalue weighted by atomic mass is 9.84. The number of benzene rings is 1. The minimum Gasteiger partial charge on any atom is -0.505 e. The van der Waals surface area contributed by atoms with Crippen LogP contribution in [0.2, 0.25) is 0 Å². The molecule has 9 heteroatoms. The van der Waals surface area contributed by atoms with Crippen LogP contribution in [0, 0.1) is 11.7 Å². The van der Waals surface area contributed by atoms with Crippen molar-refractivity contribution in [2.75, 3.05) is 13.1 Å². The molecule has 152 valence electrons. The summed E-state index contributed by atoms with van der Waals surface area (Å²) in [5, 5.41) is 13.8. The Morgan fingerprint density at radius 1 is 1.28 bits per heavy atom. The zero-order valence-electron chi connectivity index (χ0n) is 15.6. The van der Waals surface area contributed by atoms with Gasteiger partial charge in [0.05, 0.1) is 11.9 Å². The Hall–Kier alpha value is -3.10. The molecule has 1 unspecified atom stereocenters. The summed E-state index contributed by atoms with van der Waals surface area (Å²) in [4.78, 5) is 18.4. The quantitative estimate of drug-likeness (QED) is 0.721. The van der Waals surface area contributed by atoms with Crippen LogP contribution in [-0.4, -0.2) is 43.6 Å². The number of rotatable bonds is 3. The fraction of sp³-hybridized carbons (Fsp3) is 0.350. The van der Waals surface area contributed by atoms with Gasteiger partial charge in [0.15, 0.2) is 17.2 Å². The lowest BCUT2D eigenvalue weighted by Gasteiger charge is -2.37. The lowest BCUT2D eigenvalue weighted by Crippen LogP contribution is -2.42. The second-order valence-corrected chi connectivity index (χ2v) is 7.30. The normalized spacial score (nSPS) is 19.8. The van der Waals surface area contributed by atoms with Crippen molar-refractivity contribution in [3.63, 3.8) is 0 Å². The molecule has 1 saturated heterocycles. The van der Waals surface area contributed by atoms with E-state index in [1.165, 1.54) is 22.8 Å². The molecule has 3 heterocycles. The Balaban J connectivity index is 1.68. The number of nitrogens with zero attached hydrogens (tertiary/aromatic N) is 4. The first-order valence-electron chi connectivity index (χ1n) is 9.25. The Labute approximate surface area is 164 Å². The maximum atomic E-state index is 13.3. The van der Waals surface area contributed by atoms with Gasteiger partial charge < -0.3 is 10.0 Å². The fourth-order valence-corrected chi connectivity index (χ4v) is 3.80. The van der Waals surface area contributed by atoms with Gasteiger partial charge in [0, 0.05) is 30.6 Å². The third-order valence-corrected chi connectivity index (χ3v) is 5.45. The van der Waals surface area contributed by atoms with Gasteiger partial charge in [-0.25, -0.2) is 22.7 Å². The molecule has 0 bridgehead atoms. The van der Waals surface area contributed by atoms with Gasteiger partial charge in [-0.1, -0.05) is 6.92 Å². The van der Waals surface area contributed by atoms with Crippen molar-refractivity contribution < 1.29 is 23.1 Å². The molecule has 0 radical (unpaired) electrons. The van der Waals surface area contributed by atoms with E-state index in [0.29, 0.717) is 30.9 Å². The number of carbonyl (C=O) groups excluding carboxylic acids is 1. The number of fused-ring (bicyclic) bond motifs is 1. The van der Waals surface area contributed by atoms with E-state index in [1.54, 1.807) is 11.0 Å². The van der Waals surface area contributed by atoms with Gasteiger partial charge in [-0.15, -0.1) is 0 Å². The molecule has 1 amide bonds. The maximum absolute atomic E-state index is 13.3. The molecule has 1 aliphatic rings. The number of amides is 1. The maximum Gasteiger partial charge on any atom is 0.280 e. The van der Waals surface area contributed by atoms with E-state index in [4.69, 9.17) is 0 Å². The minimum atomic E-state index is -2.72. The number of aromatic hydroxyl groups is 1. The Kier molecular flexibility index (Phi) is 4.89. The third kappa shape index (κ3) is 3.52. The topological polar surface area (TPSA) is 70.7 Å². The summed E-state index contributed by atoms with van der Waals surface area (Å²) in [6, 6.07) is 6.36. The van der Waals surface area contributed by atoms with E-state index in [1.807, 2.05) is 6.92 Å². The smallest absolute Gasteiger partial charge is 0.280 e. The zero-order valence-corrected chi connectivity index (χ0v) is 15.6. The van der Waals surface area contributed by atoms with E-state index in [0.717, 1.165) is 12.1 Å². The number of hydrogen-bond acceptors (Lipinski definition) is 4. The summed E-state index contributed by atoms with van der Waals surface area (Å²) in [5.74, 6) is -1.85. The van der Waals surface area contributed by atoms with Crippen LogP contribution in [0.5, 0.6) is 5.75 Å². The van der Waals surface area contributed by atoms with Crippen molar-refractivity contribution in [3.05, 3.63) is 59.3 Å². The lowest BCUT2D eigenvalue weighted by molar-refractivity contribution is 0.0665. The first-order valence-corrected chi connectivity index (χ1v) is 9.25. The van der Waals surface area contributed by atoms with Crippen molar-refractivity contribution >= 4 is 11.6 Å². The van der Waals surface area contributed by atoms with Crippen LogP contribution in [0.1, 0.15) is 47.4 Å². The number of piperidine rings is 1. The second-order valence-electron chi connectivity index (χ2n) is 7.30. The second kappa shape index (κ2) is 7.38. The average Bonchev–Trinajstić information content (AvgIpc) is 3.18. The molecule has 2 aromatic heterocycles. The van der Waals surface area contributed by atoms with Gasteiger partial charge in [0.1, 0.15) is 5.69 Å². The van der Waals surface area contributed by atoms with Crippen LogP contribution in [-0.2, 0) is 0 Å². The molecule has 1 N–H and O–H groups in total. The number of hydrogen-bond donors (Lipinski definition) is 1. The van der Waals surface area contributed by atoms with Crippen LogP contribution in [0.4, 0.5) is 13.2 Å². The van der Waals surface area contributed by atoms with Crippen LogP contribution in [0.25, 0.3) is 5.65 Å². The zero-order chi connectivity index (χ0) is 20.7. The standard InChI is InChI=1S/C20H19F3N4O2/c1-11-5-7-26(20(29)12-2-3-14(21)17(28)8-12)10-13(11)16-9-15(19(22)23)25-18-4-6-24-27(16)18/h2-4,6,8-9,11,13,19,28H,5,7,10H2,1H3/t11?,13-/m1/s1. The molecule has 29 heavy (non-hydrogen) atoms. The SMILES string of the molecule is CC1CCN(C(=O)c2ccc(F)c(O)c2)C[C@H]1c1cc(C(F)F)nc2ccnn12. The number of phenolic OH excluding ortho intramolecular Hbond substituents is 1. The van der Waals surface area contributed by atoms with Crippen LogP contribution in [0.3, 0.4) is 0 Å². The monoisotopic (exact) mass is 404 g/mol. The number of phenols is 1. The Morgan fingerprint density at radius 2 is 2.07 bits per heavy atom. The number of alkyl halides is 2. The van der Waals surface area contributed by atoms with E-state index >= 15 is 0 Å². The average molecular weight is 404 g/mol. The summed E-state index contributed by atoms with van der Waals surface area (Å²) in [7, 11) is 0. The molecule has 0 aliphatic carbocycles. The number of likely N-dealkylation sites (tertiary alicyclic amines) is 1. The fourth-order valence-electron chi connectivity index (χ4n) is 3.80. The van der Waals surface area contributed by atoms with E-state index < -0.39 is 18.0 Å². The van der Waals surface area contributed by atoms with E-state index in [-0.39, 0.29) is 29.0 Å². The number of carbonyl (C=O) groups is 1. The van der Waals surface area contributed by atoms with Gasteiger partial charge in [0.25, 0.3) is 12.3 Å². The molecule has 6 nitrogen and oxygen atoms in total. The summed E-state index contributed by atoms with van der Waals surface area (Å²) < 4.78 is 41.5. The Bertz CT molecular complexity index is 1070. The van der Waals surface area contributed by atoms with Crippen molar-refractivity contribution in [2.45, 2.75) is 25.7 Å². The van der Waals surface area contributed by atoms with Gasteiger partial charge in [-0.2, -0.15) is 5.10 Å². The van der Waals surface area contributed by atoms with Gasteiger partial charge in [-0.3, -0.25) is 4.79 Å². The molecule has 0 spiro atoms. The first kappa shape index (κ1) is 19.2. The molecular weight excluding hydrogens is 385 g/mol. The van der Waals surface area contributed by atoms with Crippen LogP contribution < -0.4 is 0 Å². The van der Waals surface area contributed by atoms with Crippen LogP contribution in [0.15, 0.2) is 36.5 Å². The first-order chi connectivity index (χ1) is 13.8. The highest BCUT2D eigenvalue weighted by molar-refractivity contribution is 5.94. The summed E-state index contributed by atoms with van der Waals surface area (Å²) in [5.41, 5.74) is 0.746. The number of aromatic nitrogens is 3. The number of halogens is 3. The minimum absolute atomic E-state index is 0.126. The molecular formula is C20H19F3N4O2. The molecule has 1 fully saturated rings. The Morgan fingerprint density at radius 3 is 2.79 bits per heavy atom. The molecule has 2 atom stereocenters. The molecule has 3 aromatic rings. The largest absolute Gasteiger partial charge is 0.505 e. The summed E-state index contributed by atoms with van der Waals surface area (Å²) >= 11 is 0. The predicted molar refractivity (Wildman–Crippen MR) is 98.4 cm³/mol. The predicted octanol–water partition coefficient (Wildman–Crippen LogP) is 3.78. The molecule has 1 aliphatic heterocycles. The van der Waals surface area contributed by atoms with E-state index in [9.17, 15) is 23.1 Å². The molecule has 4 rings (SSSR count). The van der Waals surface area contributed by atoms with Crippen molar-refractivity contribution in [3.8, 4) is 5.75 Å². The van der Waals surface area contributed by atoms with Gasteiger partial charge in [0.2, 0.25) is 0 Å². The third-order valence-electron chi connectivity index (χ3n) is 5.45. The molecule has 1 aromatic carbocycles. The highest BCUT2D eigenvalue weighted by Crippen LogP contribution is 2.34. The van der Waals surface area contributed by atoms with Crippen LogP contribution >= 0.6 is 0 Å². The molecule has 0 saturated carbocycles. The summed E-state index contributed by atoms with van der Waals surface area (Å²) in [6.45, 7) is 2.78. The van der Waals surface area contributed by atoms with Crippen molar-refractivity contribution in [2.24, 2.45) is 5.92 Å². The van der Waals surface area contributed by atoms with Gasteiger partial charge >= 0.3 is 0 Å². The summed E-state index contributed by atoms with van der Waals surface area (Å²) in [6.07, 6.45) is -0.551. The highest BCUT2D eigenvalue weighted by Gasteiger charge is 2.33. The van der Waals surface area contributed by atoms with Gasteiger partial charge in [-0.05, 0) is 36.6 Å². The van der Waals surface area contributed by atoms with Crippen molar-refractivity contribution in [1.82, 2.24) is 19.5 Å².